The summed E-state index contributed by atoms with van der Waals surface area (Å²) in [7, 11) is -2.34. The molecule has 0 saturated heterocycles. The molecule has 2 aliphatic carbocycles. The van der Waals surface area contributed by atoms with Crippen LogP contribution in [0, 0.1) is 0 Å². The Morgan fingerprint density at radius 2 is 1.69 bits per heavy atom. The summed E-state index contributed by atoms with van der Waals surface area (Å²) in [6.45, 7) is 0. The van der Waals surface area contributed by atoms with E-state index in [1.165, 1.54) is 25.7 Å². The van der Waals surface area contributed by atoms with Gasteiger partial charge in [-0.2, -0.15) is 0 Å². The molecule has 3 rings (SSSR count). The number of benzene rings is 1. The molecule has 0 aliphatic heterocycles. The van der Waals surface area contributed by atoms with Crippen molar-refractivity contribution in [2.45, 2.75) is 74.8 Å². The normalized spacial score (nSPS) is 19.4. The summed E-state index contributed by atoms with van der Waals surface area (Å²) in [5.74, 6) is -0.249. The monoisotopic (exact) mass is 381 g/mol. The Morgan fingerprint density at radius 3 is 2.35 bits per heavy atom. The van der Waals surface area contributed by atoms with Crippen LogP contribution >= 0.6 is 0 Å². The highest BCUT2D eigenvalue weighted by Crippen LogP contribution is 2.28. The first-order chi connectivity index (χ1) is 12.5. The average molecular weight is 381 g/mol. The quantitative estimate of drug-likeness (QED) is 0.764. The number of carbonyl (C=O) groups excluding carboxylic acids is 1. The molecule has 2 aliphatic rings. The van der Waals surface area contributed by atoms with E-state index < -0.39 is 16.0 Å². The Labute approximate surface area is 155 Å². The summed E-state index contributed by atoms with van der Waals surface area (Å²) >= 11 is 0. The minimum absolute atomic E-state index is 0.00926. The Hall–Kier alpha value is -1.60. The fraction of sp³-hybridized carbons (Fsp3) is 0.632. The molecular weight excluding hydrogens is 354 g/mol. The van der Waals surface area contributed by atoms with Crippen LogP contribution in [-0.4, -0.2) is 33.6 Å². The minimum atomic E-state index is -3.76. The summed E-state index contributed by atoms with van der Waals surface area (Å²) in [4.78, 5) is 12.4. The second-order valence-electron chi connectivity index (χ2n) is 7.13. The Kier molecular flexibility index (Phi) is 6.19. The van der Waals surface area contributed by atoms with Crippen LogP contribution in [0.2, 0.25) is 0 Å². The molecular formula is C19H27NO5S. The smallest absolute Gasteiger partial charge is 0.338 e. The SMILES string of the molecule is COc1ccc(C(=O)OC2CCCCC2)cc1S(=O)(=O)NC1CCCC1. The maximum Gasteiger partial charge on any atom is 0.338 e. The number of ether oxygens (including phenoxy) is 2. The van der Waals surface area contributed by atoms with E-state index in [4.69, 9.17) is 9.47 Å². The van der Waals surface area contributed by atoms with E-state index in [0.29, 0.717) is 0 Å². The highest BCUT2D eigenvalue weighted by molar-refractivity contribution is 7.89. The second-order valence-corrected chi connectivity index (χ2v) is 8.82. The van der Waals surface area contributed by atoms with Crippen molar-refractivity contribution in [2.75, 3.05) is 7.11 Å². The zero-order valence-corrected chi connectivity index (χ0v) is 16.0. The first kappa shape index (κ1) is 19.2. The molecule has 0 radical (unpaired) electrons. The molecule has 0 bridgehead atoms. The van der Waals surface area contributed by atoms with Crippen LogP contribution in [0.15, 0.2) is 23.1 Å². The van der Waals surface area contributed by atoms with Gasteiger partial charge in [0.2, 0.25) is 10.0 Å². The molecule has 0 heterocycles. The van der Waals surface area contributed by atoms with Crippen molar-refractivity contribution < 1.29 is 22.7 Å². The molecule has 6 nitrogen and oxygen atoms in total. The van der Waals surface area contributed by atoms with Gasteiger partial charge in [-0.1, -0.05) is 19.3 Å². The van der Waals surface area contributed by atoms with Gasteiger partial charge in [-0.25, -0.2) is 17.9 Å². The van der Waals surface area contributed by atoms with Gasteiger partial charge in [0.1, 0.15) is 16.7 Å². The highest BCUT2D eigenvalue weighted by Gasteiger charge is 2.27. The summed E-state index contributed by atoms with van der Waals surface area (Å²) < 4.78 is 39.1. The first-order valence-corrected chi connectivity index (χ1v) is 10.9. The lowest BCUT2D eigenvalue weighted by Crippen LogP contribution is -2.33. The third-order valence-corrected chi connectivity index (χ3v) is 6.73. The molecule has 0 atom stereocenters. The van der Waals surface area contributed by atoms with E-state index in [1.807, 2.05) is 0 Å². The Bertz CT molecular complexity index is 734. The number of methoxy groups -OCH3 is 1. The first-order valence-electron chi connectivity index (χ1n) is 9.41. The van der Waals surface area contributed by atoms with E-state index in [9.17, 15) is 13.2 Å². The summed E-state index contributed by atoms with van der Waals surface area (Å²) in [5.41, 5.74) is 0.239. The molecule has 0 amide bonds. The molecule has 2 fully saturated rings. The van der Waals surface area contributed by atoms with Gasteiger partial charge in [-0.05, 0) is 56.7 Å². The van der Waals surface area contributed by atoms with Gasteiger partial charge in [-0.15, -0.1) is 0 Å². The third-order valence-electron chi connectivity index (χ3n) is 5.19. The Balaban J connectivity index is 1.80. The lowest BCUT2D eigenvalue weighted by Gasteiger charge is -2.22. The second kappa shape index (κ2) is 8.39. The van der Waals surface area contributed by atoms with E-state index in [2.05, 4.69) is 4.72 Å². The number of rotatable bonds is 6. The molecule has 2 saturated carbocycles. The number of hydrogen-bond acceptors (Lipinski definition) is 5. The number of carbonyl (C=O) groups is 1. The van der Waals surface area contributed by atoms with Gasteiger partial charge in [0.15, 0.2) is 0 Å². The Morgan fingerprint density at radius 1 is 1.04 bits per heavy atom. The van der Waals surface area contributed by atoms with Crippen molar-refractivity contribution in [3.63, 3.8) is 0 Å². The van der Waals surface area contributed by atoms with Crippen molar-refractivity contribution in [3.05, 3.63) is 23.8 Å². The fourth-order valence-corrected chi connectivity index (χ4v) is 5.24. The van der Waals surface area contributed by atoms with E-state index in [1.54, 1.807) is 6.07 Å². The number of sulfonamides is 1. The molecule has 26 heavy (non-hydrogen) atoms. The van der Waals surface area contributed by atoms with Crippen LogP contribution < -0.4 is 9.46 Å². The molecule has 0 aromatic heterocycles. The maximum absolute atomic E-state index is 12.8. The van der Waals surface area contributed by atoms with Gasteiger partial charge < -0.3 is 9.47 Å². The highest BCUT2D eigenvalue weighted by atomic mass is 32.2. The van der Waals surface area contributed by atoms with Crippen molar-refractivity contribution in [1.82, 2.24) is 4.72 Å². The summed E-state index contributed by atoms with van der Waals surface area (Å²) in [5, 5.41) is 0. The third kappa shape index (κ3) is 4.57. The van der Waals surface area contributed by atoms with E-state index in [0.717, 1.165) is 51.4 Å². The number of hydrogen-bond donors (Lipinski definition) is 1. The van der Waals surface area contributed by atoms with Crippen LogP contribution in [0.1, 0.15) is 68.1 Å². The van der Waals surface area contributed by atoms with Gasteiger partial charge in [0.25, 0.3) is 0 Å². The topological polar surface area (TPSA) is 81.7 Å². The molecule has 1 N–H and O–H groups in total. The van der Waals surface area contributed by atoms with Crippen LogP contribution in [0.4, 0.5) is 0 Å². The predicted octanol–water partition coefficient (Wildman–Crippen LogP) is 3.41. The zero-order chi connectivity index (χ0) is 18.6. The van der Waals surface area contributed by atoms with E-state index in [-0.39, 0.29) is 28.4 Å². The lowest BCUT2D eigenvalue weighted by atomic mass is 9.98. The standard InChI is InChI=1S/C19H27NO5S/c1-24-17-12-11-14(19(21)25-16-9-3-2-4-10-16)13-18(17)26(22,23)20-15-7-5-6-8-15/h11-13,15-16,20H,2-10H2,1H3. The molecule has 1 aromatic carbocycles. The molecule has 1 aromatic rings. The van der Waals surface area contributed by atoms with E-state index >= 15 is 0 Å². The molecule has 7 heteroatoms. The van der Waals surface area contributed by atoms with Crippen molar-refractivity contribution in [1.29, 1.82) is 0 Å². The largest absolute Gasteiger partial charge is 0.495 e. The van der Waals surface area contributed by atoms with Crippen LogP contribution in [-0.2, 0) is 14.8 Å². The zero-order valence-electron chi connectivity index (χ0n) is 15.2. The van der Waals surface area contributed by atoms with Crippen molar-refractivity contribution >= 4 is 16.0 Å². The lowest BCUT2D eigenvalue weighted by molar-refractivity contribution is 0.0211. The minimum Gasteiger partial charge on any atom is -0.495 e. The van der Waals surface area contributed by atoms with Crippen LogP contribution in [0.25, 0.3) is 0 Å². The van der Waals surface area contributed by atoms with Crippen molar-refractivity contribution in [3.8, 4) is 5.75 Å². The predicted molar refractivity (Wildman–Crippen MR) is 97.9 cm³/mol. The van der Waals surface area contributed by atoms with Gasteiger partial charge in [0, 0.05) is 6.04 Å². The average Bonchev–Trinajstić information content (AvgIpc) is 3.14. The molecule has 0 unspecified atom stereocenters. The number of esters is 1. The van der Waals surface area contributed by atoms with Crippen LogP contribution in [0.3, 0.4) is 0 Å². The van der Waals surface area contributed by atoms with Crippen LogP contribution in [0.5, 0.6) is 5.75 Å². The summed E-state index contributed by atoms with van der Waals surface area (Å²) in [6, 6.07) is 4.38. The van der Waals surface area contributed by atoms with Gasteiger partial charge in [0.05, 0.1) is 12.7 Å². The fourth-order valence-electron chi connectivity index (χ4n) is 3.74. The summed E-state index contributed by atoms with van der Waals surface area (Å²) in [6.07, 6.45) is 8.69. The van der Waals surface area contributed by atoms with Crippen molar-refractivity contribution in [2.24, 2.45) is 0 Å². The number of nitrogens with one attached hydrogen (secondary N) is 1. The molecule has 0 spiro atoms. The maximum atomic E-state index is 12.8. The van der Waals surface area contributed by atoms with Gasteiger partial charge >= 0.3 is 5.97 Å². The van der Waals surface area contributed by atoms with Gasteiger partial charge in [-0.3, -0.25) is 0 Å². The molecule has 144 valence electrons.